The molecule has 0 aliphatic heterocycles. The molecule has 0 saturated carbocycles. The average Bonchev–Trinajstić information content (AvgIpc) is 2.62. The molecule has 110 valence electrons. The second-order valence-electron chi connectivity index (χ2n) is 6.62. The highest BCUT2D eigenvalue weighted by Gasteiger charge is 2.16. The molecule has 1 aromatic heterocycles. The monoisotopic (exact) mass is 274 g/mol. The van der Waals surface area contributed by atoms with E-state index < -0.39 is 0 Å². The zero-order valence-electron chi connectivity index (χ0n) is 13.2. The van der Waals surface area contributed by atoms with E-state index in [0.29, 0.717) is 13.1 Å². The van der Waals surface area contributed by atoms with Crippen molar-refractivity contribution in [3.63, 3.8) is 0 Å². The van der Waals surface area contributed by atoms with Crippen molar-refractivity contribution in [2.24, 2.45) is 0 Å². The van der Waals surface area contributed by atoms with Gasteiger partial charge in [0.2, 0.25) is 0 Å². The van der Waals surface area contributed by atoms with Gasteiger partial charge < -0.3 is 15.0 Å². The fraction of sp³-hybridized carbons (Fsp3) is 0.529. The molecule has 20 heavy (non-hydrogen) atoms. The van der Waals surface area contributed by atoms with Crippen LogP contribution in [0.1, 0.15) is 32.0 Å². The van der Waals surface area contributed by atoms with Crippen LogP contribution in [-0.2, 0) is 6.54 Å². The number of nitrogens with one attached hydrogen (secondary N) is 1. The molecule has 0 bridgehead atoms. The van der Waals surface area contributed by atoms with Crippen molar-refractivity contribution in [1.82, 2.24) is 9.88 Å². The molecule has 0 spiro atoms. The van der Waals surface area contributed by atoms with Crippen LogP contribution in [0.4, 0.5) is 0 Å². The smallest absolute Gasteiger partial charge is 0.0843 e. The zero-order chi connectivity index (χ0) is 14.9. The van der Waals surface area contributed by atoms with E-state index in [-0.39, 0.29) is 11.6 Å². The maximum Gasteiger partial charge on any atom is 0.0843 e. The van der Waals surface area contributed by atoms with Gasteiger partial charge in [0, 0.05) is 28.7 Å². The fourth-order valence-electron chi connectivity index (χ4n) is 2.54. The van der Waals surface area contributed by atoms with E-state index in [1.165, 1.54) is 22.2 Å². The fourth-order valence-corrected chi connectivity index (χ4v) is 2.54. The highest BCUT2D eigenvalue weighted by molar-refractivity contribution is 5.85. The summed E-state index contributed by atoms with van der Waals surface area (Å²) in [6, 6.07) is 8.39. The molecule has 0 saturated heterocycles. The lowest BCUT2D eigenvalue weighted by atomic mass is 10.1. The van der Waals surface area contributed by atoms with E-state index in [1.807, 2.05) is 0 Å². The van der Waals surface area contributed by atoms with Crippen molar-refractivity contribution in [3.8, 4) is 0 Å². The number of aliphatic hydroxyl groups excluding tert-OH is 1. The number of hydrogen-bond acceptors (Lipinski definition) is 2. The molecule has 2 rings (SSSR count). The third kappa shape index (κ3) is 3.22. The van der Waals surface area contributed by atoms with Crippen molar-refractivity contribution in [3.05, 3.63) is 35.5 Å². The van der Waals surface area contributed by atoms with Crippen molar-refractivity contribution < 1.29 is 5.11 Å². The normalized spacial score (nSPS) is 13.9. The predicted octanol–water partition coefficient (Wildman–Crippen LogP) is 3.01. The second kappa shape index (κ2) is 5.58. The first kappa shape index (κ1) is 15.1. The minimum Gasteiger partial charge on any atom is -0.390 e. The van der Waals surface area contributed by atoms with Crippen molar-refractivity contribution in [1.29, 1.82) is 0 Å². The van der Waals surface area contributed by atoms with Gasteiger partial charge in [-0.3, -0.25) is 0 Å². The van der Waals surface area contributed by atoms with Crippen LogP contribution < -0.4 is 5.32 Å². The Morgan fingerprint density at radius 1 is 1.20 bits per heavy atom. The number of fused-ring (bicyclic) bond motifs is 1. The molecule has 0 fully saturated rings. The number of nitrogens with zero attached hydrogens (tertiary/aromatic N) is 1. The van der Waals surface area contributed by atoms with Gasteiger partial charge in [0.15, 0.2) is 0 Å². The lowest BCUT2D eigenvalue weighted by molar-refractivity contribution is 0.142. The number of aromatic nitrogens is 1. The third-order valence-corrected chi connectivity index (χ3v) is 3.81. The Morgan fingerprint density at radius 2 is 1.85 bits per heavy atom. The number of benzene rings is 1. The van der Waals surface area contributed by atoms with Crippen LogP contribution >= 0.6 is 0 Å². The van der Waals surface area contributed by atoms with Crippen LogP contribution in [0.2, 0.25) is 0 Å². The van der Waals surface area contributed by atoms with Gasteiger partial charge in [0.05, 0.1) is 12.6 Å². The maximum atomic E-state index is 10.3. The largest absolute Gasteiger partial charge is 0.390 e. The van der Waals surface area contributed by atoms with Gasteiger partial charge >= 0.3 is 0 Å². The predicted molar refractivity (Wildman–Crippen MR) is 85.2 cm³/mol. The summed E-state index contributed by atoms with van der Waals surface area (Å²) < 4.78 is 2.22. The van der Waals surface area contributed by atoms with E-state index in [9.17, 15) is 5.11 Å². The molecule has 1 aromatic carbocycles. The number of aryl methyl sites for hydroxylation is 1. The number of para-hydroxylation sites is 1. The van der Waals surface area contributed by atoms with Crippen molar-refractivity contribution in [2.45, 2.75) is 52.8 Å². The molecule has 1 heterocycles. The van der Waals surface area contributed by atoms with Crippen LogP contribution in [0.5, 0.6) is 0 Å². The Balaban J connectivity index is 2.19. The second-order valence-corrected chi connectivity index (χ2v) is 6.62. The molecule has 3 nitrogen and oxygen atoms in total. The summed E-state index contributed by atoms with van der Waals surface area (Å²) in [6.45, 7) is 11.8. The van der Waals surface area contributed by atoms with Gasteiger partial charge in [0.1, 0.15) is 0 Å². The molecule has 2 aromatic rings. The van der Waals surface area contributed by atoms with Crippen LogP contribution in [0.25, 0.3) is 10.9 Å². The zero-order valence-corrected chi connectivity index (χ0v) is 13.2. The van der Waals surface area contributed by atoms with Gasteiger partial charge in [-0.05, 0) is 46.2 Å². The van der Waals surface area contributed by atoms with Crippen LogP contribution in [0, 0.1) is 13.8 Å². The molecular weight excluding hydrogens is 248 g/mol. The Bertz CT molecular complexity index is 593. The van der Waals surface area contributed by atoms with Crippen LogP contribution in [0.3, 0.4) is 0 Å². The summed E-state index contributed by atoms with van der Waals surface area (Å²) in [6.07, 6.45) is -0.386. The molecule has 0 aliphatic rings. The molecule has 0 amide bonds. The molecule has 2 N–H and O–H groups in total. The first-order chi connectivity index (χ1) is 9.29. The van der Waals surface area contributed by atoms with Gasteiger partial charge in [-0.2, -0.15) is 0 Å². The molecule has 0 radical (unpaired) electrons. The topological polar surface area (TPSA) is 37.2 Å². The summed E-state index contributed by atoms with van der Waals surface area (Å²) >= 11 is 0. The Kier molecular flexibility index (Phi) is 4.21. The minimum atomic E-state index is -0.386. The van der Waals surface area contributed by atoms with Crippen LogP contribution in [0.15, 0.2) is 24.3 Å². The number of β-amino-alcohol motifs (C(OH)–C–C–N with tert-alkyl or cyclic N) is 1. The van der Waals surface area contributed by atoms with Crippen molar-refractivity contribution >= 4 is 10.9 Å². The molecule has 1 unspecified atom stereocenters. The van der Waals surface area contributed by atoms with Crippen molar-refractivity contribution in [2.75, 3.05) is 6.54 Å². The Morgan fingerprint density at radius 3 is 2.50 bits per heavy atom. The number of aliphatic hydroxyl groups is 1. The third-order valence-electron chi connectivity index (χ3n) is 3.81. The summed E-state index contributed by atoms with van der Waals surface area (Å²) in [5.41, 5.74) is 3.78. The summed E-state index contributed by atoms with van der Waals surface area (Å²) in [5.74, 6) is 0. The first-order valence-corrected chi connectivity index (χ1v) is 7.27. The quantitative estimate of drug-likeness (QED) is 0.899. The summed E-state index contributed by atoms with van der Waals surface area (Å²) in [4.78, 5) is 0. The van der Waals surface area contributed by atoms with Gasteiger partial charge in [-0.25, -0.2) is 0 Å². The molecule has 1 atom stereocenters. The van der Waals surface area contributed by atoms with Gasteiger partial charge in [0.25, 0.3) is 0 Å². The summed E-state index contributed by atoms with van der Waals surface area (Å²) in [7, 11) is 0. The molecular formula is C17H26N2O. The van der Waals surface area contributed by atoms with E-state index in [2.05, 4.69) is 68.8 Å². The average molecular weight is 274 g/mol. The van der Waals surface area contributed by atoms with Crippen LogP contribution in [-0.4, -0.2) is 27.9 Å². The Hall–Kier alpha value is -1.32. The highest BCUT2D eigenvalue weighted by Crippen LogP contribution is 2.25. The standard InChI is InChI=1S/C17H26N2O/c1-12-13(2)19(16-9-7-6-8-15(12)16)11-14(20)10-18-17(3,4)5/h6-9,14,18,20H,10-11H2,1-5H3. The highest BCUT2D eigenvalue weighted by atomic mass is 16.3. The Labute approximate surface area is 121 Å². The minimum absolute atomic E-state index is 0.0324. The lowest BCUT2D eigenvalue weighted by Gasteiger charge is -2.23. The van der Waals surface area contributed by atoms with E-state index in [0.717, 1.165) is 0 Å². The van der Waals surface area contributed by atoms with E-state index in [1.54, 1.807) is 0 Å². The first-order valence-electron chi connectivity index (χ1n) is 7.27. The molecule has 3 heteroatoms. The SMILES string of the molecule is Cc1c(C)n(CC(O)CNC(C)(C)C)c2ccccc12. The lowest BCUT2D eigenvalue weighted by Crippen LogP contribution is -2.42. The number of rotatable bonds is 4. The van der Waals surface area contributed by atoms with E-state index >= 15 is 0 Å². The van der Waals surface area contributed by atoms with E-state index in [4.69, 9.17) is 0 Å². The molecule has 0 aliphatic carbocycles. The summed E-state index contributed by atoms with van der Waals surface area (Å²) in [5, 5.41) is 14.9. The van der Waals surface area contributed by atoms with Gasteiger partial charge in [-0.15, -0.1) is 0 Å². The maximum absolute atomic E-state index is 10.3. The van der Waals surface area contributed by atoms with Gasteiger partial charge in [-0.1, -0.05) is 18.2 Å². The number of hydrogen-bond donors (Lipinski definition) is 2.